The SMILES string of the molecule is COc1cc2ncnc3c2c(c1OC)CC(CI)N3c1ccccc1. The Morgan fingerprint density at radius 2 is 1.96 bits per heavy atom. The maximum Gasteiger partial charge on any atom is 0.164 e. The van der Waals surface area contributed by atoms with Gasteiger partial charge in [-0.2, -0.15) is 0 Å². The highest BCUT2D eigenvalue weighted by molar-refractivity contribution is 14.1. The summed E-state index contributed by atoms with van der Waals surface area (Å²) in [5.41, 5.74) is 3.15. The highest BCUT2D eigenvalue weighted by atomic mass is 127. The molecule has 0 saturated heterocycles. The van der Waals surface area contributed by atoms with Crippen LogP contribution in [0.5, 0.6) is 11.5 Å². The van der Waals surface area contributed by atoms with Gasteiger partial charge in [0.25, 0.3) is 0 Å². The molecule has 0 spiro atoms. The lowest BCUT2D eigenvalue weighted by Crippen LogP contribution is -2.38. The molecule has 3 aromatic rings. The van der Waals surface area contributed by atoms with Crippen LogP contribution in [-0.2, 0) is 6.42 Å². The molecule has 1 aliphatic heterocycles. The molecule has 1 atom stereocenters. The lowest BCUT2D eigenvalue weighted by Gasteiger charge is -2.37. The molecule has 1 aliphatic rings. The summed E-state index contributed by atoms with van der Waals surface area (Å²) in [5.74, 6) is 2.43. The van der Waals surface area contributed by atoms with Gasteiger partial charge in [0.05, 0.1) is 25.1 Å². The summed E-state index contributed by atoms with van der Waals surface area (Å²) >= 11 is 2.44. The third kappa shape index (κ3) is 2.59. The zero-order valence-corrected chi connectivity index (χ0v) is 16.2. The molecule has 6 heteroatoms. The lowest BCUT2D eigenvalue weighted by molar-refractivity contribution is 0.351. The van der Waals surface area contributed by atoms with Crippen molar-refractivity contribution in [1.82, 2.24) is 9.97 Å². The number of halogens is 1. The zero-order chi connectivity index (χ0) is 17.4. The Morgan fingerprint density at radius 3 is 2.64 bits per heavy atom. The Morgan fingerprint density at radius 1 is 1.16 bits per heavy atom. The fraction of sp³-hybridized carbons (Fsp3) is 0.263. The van der Waals surface area contributed by atoms with E-state index in [1.165, 1.54) is 0 Å². The van der Waals surface area contributed by atoms with E-state index < -0.39 is 0 Å². The van der Waals surface area contributed by atoms with Crippen molar-refractivity contribution in [3.63, 3.8) is 0 Å². The quantitative estimate of drug-likeness (QED) is 0.445. The minimum Gasteiger partial charge on any atom is -0.493 e. The van der Waals surface area contributed by atoms with Gasteiger partial charge in [-0.05, 0) is 18.6 Å². The number of rotatable bonds is 4. The van der Waals surface area contributed by atoms with E-state index in [2.05, 4.69) is 61.7 Å². The molecule has 0 radical (unpaired) electrons. The number of anilines is 2. The molecule has 4 rings (SSSR count). The monoisotopic (exact) mass is 447 g/mol. The zero-order valence-electron chi connectivity index (χ0n) is 14.1. The highest BCUT2D eigenvalue weighted by Crippen LogP contribution is 2.46. The van der Waals surface area contributed by atoms with Crippen LogP contribution in [0.4, 0.5) is 11.5 Å². The van der Waals surface area contributed by atoms with Crippen molar-refractivity contribution in [2.24, 2.45) is 0 Å². The van der Waals surface area contributed by atoms with E-state index in [9.17, 15) is 0 Å². The summed E-state index contributed by atoms with van der Waals surface area (Å²) < 4.78 is 12.2. The van der Waals surface area contributed by atoms with Gasteiger partial charge in [-0.25, -0.2) is 9.97 Å². The average molecular weight is 447 g/mol. The molecule has 25 heavy (non-hydrogen) atoms. The van der Waals surface area contributed by atoms with E-state index in [-0.39, 0.29) is 6.04 Å². The number of benzene rings is 2. The number of methoxy groups -OCH3 is 2. The van der Waals surface area contributed by atoms with E-state index in [1.54, 1.807) is 20.5 Å². The molecule has 1 aromatic heterocycles. The topological polar surface area (TPSA) is 47.5 Å². The maximum atomic E-state index is 5.69. The molecule has 1 unspecified atom stereocenters. The molecule has 0 bridgehead atoms. The van der Waals surface area contributed by atoms with Gasteiger partial charge in [-0.1, -0.05) is 40.8 Å². The van der Waals surface area contributed by atoms with Crippen molar-refractivity contribution >= 4 is 45.0 Å². The van der Waals surface area contributed by atoms with E-state index >= 15 is 0 Å². The number of aromatic nitrogens is 2. The number of hydrogen-bond donors (Lipinski definition) is 0. The smallest absolute Gasteiger partial charge is 0.164 e. The first kappa shape index (κ1) is 16.4. The predicted octanol–water partition coefficient (Wildman–Crippen LogP) is 4.14. The number of para-hydroxylation sites is 1. The van der Waals surface area contributed by atoms with Gasteiger partial charge in [0.2, 0.25) is 0 Å². The molecule has 2 heterocycles. The van der Waals surface area contributed by atoms with Crippen LogP contribution in [0, 0.1) is 0 Å². The summed E-state index contributed by atoms with van der Waals surface area (Å²) in [5, 5.41) is 1.05. The Balaban J connectivity index is 2.03. The number of nitrogens with zero attached hydrogens (tertiary/aromatic N) is 3. The van der Waals surface area contributed by atoms with Crippen molar-refractivity contribution in [3.05, 3.63) is 48.3 Å². The molecule has 0 N–H and O–H groups in total. The molecule has 0 amide bonds. The minimum atomic E-state index is 0.287. The van der Waals surface area contributed by atoms with Gasteiger partial charge in [0.1, 0.15) is 12.1 Å². The Hall–Kier alpha value is -2.09. The summed E-state index contributed by atoms with van der Waals surface area (Å²) in [6.07, 6.45) is 2.48. The predicted molar refractivity (Wildman–Crippen MR) is 108 cm³/mol. The van der Waals surface area contributed by atoms with Crippen LogP contribution in [0.25, 0.3) is 10.9 Å². The van der Waals surface area contributed by atoms with Crippen molar-refractivity contribution in [2.75, 3.05) is 23.5 Å². The van der Waals surface area contributed by atoms with Gasteiger partial charge >= 0.3 is 0 Å². The van der Waals surface area contributed by atoms with Crippen molar-refractivity contribution in [1.29, 1.82) is 0 Å². The van der Waals surface area contributed by atoms with Crippen LogP contribution in [0.3, 0.4) is 0 Å². The molecule has 0 fully saturated rings. The average Bonchev–Trinajstić information content (AvgIpc) is 2.68. The minimum absolute atomic E-state index is 0.287. The second-order valence-corrected chi connectivity index (χ2v) is 6.78. The van der Waals surface area contributed by atoms with Crippen LogP contribution in [0.2, 0.25) is 0 Å². The maximum absolute atomic E-state index is 5.69. The first-order chi connectivity index (χ1) is 12.3. The number of alkyl halides is 1. The van der Waals surface area contributed by atoms with E-state index in [4.69, 9.17) is 9.47 Å². The Labute approximate surface area is 160 Å². The van der Waals surface area contributed by atoms with Crippen molar-refractivity contribution in [2.45, 2.75) is 12.5 Å². The normalized spacial score (nSPS) is 16.1. The molecular weight excluding hydrogens is 429 g/mol. The third-order valence-electron chi connectivity index (χ3n) is 4.59. The molecular formula is C19H18IN3O2. The van der Waals surface area contributed by atoms with Crippen LogP contribution < -0.4 is 14.4 Å². The lowest BCUT2D eigenvalue weighted by atomic mass is 9.94. The Bertz CT molecular complexity index is 917. The number of ether oxygens (including phenoxy) is 2. The fourth-order valence-corrected chi connectivity index (χ4v) is 4.24. The first-order valence-electron chi connectivity index (χ1n) is 8.07. The van der Waals surface area contributed by atoms with Gasteiger partial charge in [-0.3, -0.25) is 0 Å². The number of hydrogen-bond acceptors (Lipinski definition) is 5. The highest BCUT2D eigenvalue weighted by Gasteiger charge is 2.32. The van der Waals surface area contributed by atoms with Gasteiger partial charge < -0.3 is 14.4 Å². The molecule has 5 nitrogen and oxygen atoms in total. The molecule has 0 saturated carbocycles. The summed E-state index contributed by atoms with van der Waals surface area (Å²) in [4.78, 5) is 11.4. The fourth-order valence-electron chi connectivity index (χ4n) is 3.54. The Kier molecular flexibility index (Phi) is 4.37. The van der Waals surface area contributed by atoms with Gasteiger partial charge in [-0.15, -0.1) is 0 Å². The van der Waals surface area contributed by atoms with Gasteiger partial charge in [0, 0.05) is 27.8 Å². The molecule has 0 aliphatic carbocycles. The third-order valence-corrected chi connectivity index (χ3v) is 5.61. The largest absolute Gasteiger partial charge is 0.493 e. The van der Waals surface area contributed by atoms with Crippen LogP contribution in [0.1, 0.15) is 5.56 Å². The van der Waals surface area contributed by atoms with Crippen LogP contribution in [-0.4, -0.2) is 34.7 Å². The van der Waals surface area contributed by atoms with E-state index in [0.717, 1.165) is 50.3 Å². The van der Waals surface area contributed by atoms with Crippen LogP contribution >= 0.6 is 22.6 Å². The first-order valence-corrected chi connectivity index (χ1v) is 9.59. The standard InChI is InChI=1S/C19H18IN3O2/c1-24-16-9-15-17-14(18(16)25-2)8-13(10-20)23(19(17)22-11-21-15)12-6-4-3-5-7-12/h3-7,9,11,13H,8,10H2,1-2H3. The van der Waals surface area contributed by atoms with E-state index in [1.807, 2.05) is 12.1 Å². The van der Waals surface area contributed by atoms with Crippen LogP contribution in [0.15, 0.2) is 42.7 Å². The second-order valence-electron chi connectivity index (χ2n) is 5.90. The van der Waals surface area contributed by atoms with Crippen molar-refractivity contribution < 1.29 is 9.47 Å². The second kappa shape index (κ2) is 6.67. The van der Waals surface area contributed by atoms with Crippen molar-refractivity contribution in [3.8, 4) is 11.5 Å². The summed E-state index contributed by atoms with van der Waals surface area (Å²) in [6.45, 7) is 0. The summed E-state index contributed by atoms with van der Waals surface area (Å²) in [6, 6.07) is 12.6. The molecule has 2 aromatic carbocycles. The summed E-state index contributed by atoms with van der Waals surface area (Å²) in [7, 11) is 3.35. The van der Waals surface area contributed by atoms with Gasteiger partial charge in [0.15, 0.2) is 11.5 Å². The molecule has 128 valence electrons. The van der Waals surface area contributed by atoms with E-state index in [0.29, 0.717) is 0 Å².